The maximum Gasteiger partial charge on any atom is 0.286 e. The van der Waals surface area contributed by atoms with E-state index in [1.54, 1.807) is 0 Å². The smallest absolute Gasteiger partial charge is 0.286 e. The molecule has 0 unspecified atom stereocenters. The van der Waals surface area contributed by atoms with Crippen LogP contribution >= 0.6 is 11.3 Å². The van der Waals surface area contributed by atoms with E-state index >= 15 is 0 Å². The van der Waals surface area contributed by atoms with Crippen molar-refractivity contribution in [1.29, 1.82) is 0 Å². The van der Waals surface area contributed by atoms with Crippen molar-refractivity contribution in [3.05, 3.63) is 38.9 Å². The van der Waals surface area contributed by atoms with Gasteiger partial charge in [-0.05, 0) is 0 Å². The normalized spacial score (nSPS) is 13.0. The number of carbonyl (C=O) groups excluding carboxylic acids is 1. The molecule has 2 aromatic rings. The number of nitro benzene ring substituents is 1. The minimum absolute atomic E-state index is 0.0288. The van der Waals surface area contributed by atoms with E-state index in [-0.39, 0.29) is 29.2 Å². The lowest BCUT2D eigenvalue weighted by molar-refractivity contribution is -0.385. The Balaban J connectivity index is 1.90. The molecule has 1 N–H and O–H groups in total. The Morgan fingerprint density at radius 2 is 2.00 bits per heavy atom. The number of anilines is 1. The summed E-state index contributed by atoms with van der Waals surface area (Å²) in [6, 6.07) is 2.51. The molecule has 3 rings (SSSR count). The fourth-order valence-electron chi connectivity index (χ4n) is 2.10. The zero-order valence-electron chi connectivity index (χ0n) is 13.3. The van der Waals surface area contributed by atoms with Gasteiger partial charge in [-0.2, -0.15) is 0 Å². The Kier molecular flexibility index (Phi) is 3.88. The number of amides is 1. The minimum Gasteiger partial charge on any atom is -0.454 e. The summed E-state index contributed by atoms with van der Waals surface area (Å²) in [5.41, 5.74) is 0.244. The van der Waals surface area contributed by atoms with Crippen molar-refractivity contribution < 1.29 is 19.2 Å². The number of hydrogen-bond donors (Lipinski definition) is 1. The standard InChI is InChI=1S/C15H15N3O5S/c1-15(2,3)12-6-24-14(16-12)17-13(19)8-4-10-11(23-7-22-10)5-9(8)18(20)21/h4-6H,7H2,1-3H3,(H,16,17,19). The summed E-state index contributed by atoms with van der Waals surface area (Å²) in [5.74, 6) is -0.0578. The number of ether oxygens (including phenoxy) is 2. The summed E-state index contributed by atoms with van der Waals surface area (Å²) < 4.78 is 10.3. The van der Waals surface area contributed by atoms with Gasteiger partial charge < -0.3 is 9.47 Å². The number of rotatable bonds is 3. The van der Waals surface area contributed by atoms with Crippen LogP contribution < -0.4 is 14.8 Å². The molecule has 0 saturated carbocycles. The van der Waals surface area contributed by atoms with Crippen LogP contribution in [0.2, 0.25) is 0 Å². The van der Waals surface area contributed by atoms with Crippen molar-refractivity contribution in [2.75, 3.05) is 12.1 Å². The fraction of sp³-hybridized carbons (Fsp3) is 0.333. The topological polar surface area (TPSA) is 104 Å². The van der Waals surface area contributed by atoms with E-state index in [9.17, 15) is 14.9 Å². The third kappa shape index (κ3) is 3.02. The van der Waals surface area contributed by atoms with E-state index in [0.717, 1.165) is 5.69 Å². The number of nitrogens with zero attached hydrogens (tertiary/aromatic N) is 2. The summed E-state index contributed by atoms with van der Waals surface area (Å²) in [6.45, 7) is 6.00. The molecule has 1 aliphatic rings. The van der Waals surface area contributed by atoms with Gasteiger partial charge in [-0.25, -0.2) is 4.98 Å². The van der Waals surface area contributed by atoms with Crippen molar-refractivity contribution in [3.63, 3.8) is 0 Å². The third-order valence-corrected chi connectivity index (χ3v) is 4.18. The minimum atomic E-state index is -0.626. The Hall–Kier alpha value is -2.68. The summed E-state index contributed by atoms with van der Waals surface area (Å²) in [7, 11) is 0. The number of thiazole rings is 1. The highest BCUT2D eigenvalue weighted by Gasteiger charge is 2.28. The third-order valence-electron chi connectivity index (χ3n) is 3.43. The van der Waals surface area contributed by atoms with Gasteiger partial charge in [0.1, 0.15) is 5.56 Å². The summed E-state index contributed by atoms with van der Waals surface area (Å²) in [4.78, 5) is 27.4. The summed E-state index contributed by atoms with van der Waals surface area (Å²) in [6.07, 6.45) is 0. The zero-order valence-corrected chi connectivity index (χ0v) is 14.1. The molecule has 1 aliphatic heterocycles. The monoisotopic (exact) mass is 349 g/mol. The summed E-state index contributed by atoms with van der Waals surface area (Å²) >= 11 is 1.27. The van der Waals surface area contributed by atoms with Gasteiger partial charge in [0.15, 0.2) is 16.6 Å². The van der Waals surface area contributed by atoms with Crippen LogP contribution in [0.4, 0.5) is 10.8 Å². The number of hydrogen-bond acceptors (Lipinski definition) is 7. The Labute approximate surface area is 141 Å². The Morgan fingerprint density at radius 3 is 2.58 bits per heavy atom. The molecular formula is C15H15N3O5S. The van der Waals surface area contributed by atoms with Gasteiger partial charge in [-0.15, -0.1) is 11.3 Å². The molecule has 1 aromatic carbocycles. The lowest BCUT2D eigenvalue weighted by atomic mass is 9.93. The predicted octanol–water partition coefficient (Wildman–Crippen LogP) is 3.33. The number of carbonyl (C=O) groups is 1. The number of nitrogens with one attached hydrogen (secondary N) is 1. The molecule has 9 heteroatoms. The van der Waals surface area contributed by atoms with E-state index < -0.39 is 10.8 Å². The quantitative estimate of drug-likeness (QED) is 0.673. The highest BCUT2D eigenvalue weighted by atomic mass is 32.1. The Morgan fingerprint density at radius 1 is 1.33 bits per heavy atom. The molecule has 0 saturated heterocycles. The van der Waals surface area contributed by atoms with Crippen LogP contribution in [-0.4, -0.2) is 22.6 Å². The van der Waals surface area contributed by atoms with Gasteiger partial charge in [-0.3, -0.25) is 20.2 Å². The first kappa shape index (κ1) is 16.2. The van der Waals surface area contributed by atoms with E-state index in [4.69, 9.17) is 9.47 Å². The molecular weight excluding hydrogens is 334 g/mol. The first-order chi connectivity index (χ1) is 11.3. The van der Waals surface area contributed by atoms with Crippen LogP contribution in [0.25, 0.3) is 0 Å². The molecule has 8 nitrogen and oxygen atoms in total. The fourth-order valence-corrected chi connectivity index (χ4v) is 3.04. The van der Waals surface area contributed by atoms with E-state index in [1.807, 2.05) is 26.2 Å². The van der Waals surface area contributed by atoms with Crippen molar-refractivity contribution in [2.24, 2.45) is 0 Å². The SMILES string of the molecule is CC(C)(C)c1csc(NC(=O)c2cc3c(cc2[N+](=O)[O-])OCO3)n1. The maximum atomic E-state index is 12.5. The van der Waals surface area contributed by atoms with Crippen molar-refractivity contribution >= 4 is 28.1 Å². The van der Waals surface area contributed by atoms with Gasteiger partial charge in [0.2, 0.25) is 6.79 Å². The van der Waals surface area contributed by atoms with Crippen LogP contribution in [0.3, 0.4) is 0 Å². The second kappa shape index (κ2) is 5.75. The van der Waals surface area contributed by atoms with Gasteiger partial charge in [0, 0.05) is 16.9 Å². The molecule has 2 heterocycles. The Bertz CT molecular complexity index is 825. The zero-order chi connectivity index (χ0) is 17.5. The molecule has 24 heavy (non-hydrogen) atoms. The van der Waals surface area contributed by atoms with Crippen LogP contribution in [-0.2, 0) is 5.41 Å². The van der Waals surface area contributed by atoms with Crippen molar-refractivity contribution in [3.8, 4) is 11.5 Å². The lowest BCUT2D eigenvalue weighted by Crippen LogP contribution is -2.15. The van der Waals surface area contributed by atoms with Crippen LogP contribution in [0.1, 0.15) is 36.8 Å². The number of benzene rings is 1. The molecule has 0 spiro atoms. The summed E-state index contributed by atoms with van der Waals surface area (Å²) in [5, 5.41) is 16.1. The van der Waals surface area contributed by atoms with Gasteiger partial charge in [0.05, 0.1) is 16.7 Å². The van der Waals surface area contributed by atoms with Crippen LogP contribution in [0.15, 0.2) is 17.5 Å². The number of aromatic nitrogens is 1. The maximum absolute atomic E-state index is 12.5. The van der Waals surface area contributed by atoms with Crippen LogP contribution in [0.5, 0.6) is 11.5 Å². The first-order valence-corrected chi connectivity index (χ1v) is 7.99. The van der Waals surface area contributed by atoms with Gasteiger partial charge in [-0.1, -0.05) is 20.8 Å². The van der Waals surface area contributed by atoms with E-state index in [1.165, 1.54) is 23.5 Å². The number of nitro groups is 1. The van der Waals surface area contributed by atoms with Gasteiger partial charge in [0.25, 0.3) is 11.6 Å². The molecule has 0 radical (unpaired) electrons. The highest BCUT2D eigenvalue weighted by Crippen LogP contribution is 2.38. The van der Waals surface area contributed by atoms with Crippen molar-refractivity contribution in [2.45, 2.75) is 26.2 Å². The molecule has 0 bridgehead atoms. The second-order valence-electron chi connectivity index (χ2n) is 6.22. The lowest BCUT2D eigenvalue weighted by Gasteiger charge is -2.14. The van der Waals surface area contributed by atoms with Crippen molar-refractivity contribution in [1.82, 2.24) is 4.98 Å². The average Bonchev–Trinajstić information content (AvgIpc) is 3.13. The largest absolute Gasteiger partial charge is 0.454 e. The molecule has 1 aromatic heterocycles. The first-order valence-electron chi connectivity index (χ1n) is 7.11. The molecule has 0 fully saturated rings. The predicted molar refractivity (Wildman–Crippen MR) is 88.0 cm³/mol. The molecule has 1 amide bonds. The van der Waals surface area contributed by atoms with E-state index in [0.29, 0.717) is 10.9 Å². The van der Waals surface area contributed by atoms with E-state index in [2.05, 4.69) is 10.3 Å². The second-order valence-corrected chi connectivity index (χ2v) is 7.08. The number of fused-ring (bicyclic) bond motifs is 1. The highest BCUT2D eigenvalue weighted by molar-refractivity contribution is 7.14. The molecule has 126 valence electrons. The molecule has 0 atom stereocenters. The van der Waals surface area contributed by atoms with Crippen LogP contribution in [0, 0.1) is 10.1 Å². The van der Waals surface area contributed by atoms with Gasteiger partial charge >= 0.3 is 0 Å². The average molecular weight is 349 g/mol. The molecule has 0 aliphatic carbocycles.